The second-order valence-electron chi connectivity index (χ2n) is 6.47. The van der Waals surface area contributed by atoms with Crippen molar-refractivity contribution in [1.29, 1.82) is 0 Å². The minimum atomic E-state index is -4.58. The second kappa shape index (κ2) is 7.34. The van der Waals surface area contributed by atoms with Crippen LogP contribution in [0.25, 0.3) is 0 Å². The van der Waals surface area contributed by atoms with Gasteiger partial charge in [0, 0.05) is 12.6 Å². The largest absolute Gasteiger partial charge is 0.488 e. The van der Waals surface area contributed by atoms with Gasteiger partial charge in [0.15, 0.2) is 5.75 Å². The number of methoxy groups -OCH3 is 1. The van der Waals surface area contributed by atoms with E-state index in [-0.39, 0.29) is 11.8 Å². The monoisotopic (exact) mass is 396 g/mol. The lowest BCUT2D eigenvalue weighted by molar-refractivity contribution is -0.139. The van der Waals surface area contributed by atoms with Crippen LogP contribution in [0.15, 0.2) is 24.5 Å². The van der Waals surface area contributed by atoms with E-state index in [2.05, 4.69) is 15.3 Å². The van der Waals surface area contributed by atoms with E-state index in [1.807, 2.05) is 0 Å². The van der Waals surface area contributed by atoms with Gasteiger partial charge in [-0.25, -0.2) is 9.97 Å². The normalized spacial score (nSPS) is 19.1. The van der Waals surface area contributed by atoms with E-state index < -0.39 is 17.6 Å². The van der Waals surface area contributed by atoms with Crippen molar-refractivity contribution in [3.05, 3.63) is 30.1 Å². The summed E-state index contributed by atoms with van der Waals surface area (Å²) in [6.07, 6.45) is -0.809. The van der Waals surface area contributed by atoms with Gasteiger partial charge in [-0.05, 0) is 19.0 Å². The van der Waals surface area contributed by atoms with Crippen LogP contribution in [0.3, 0.4) is 0 Å². The lowest BCUT2D eigenvalue weighted by Gasteiger charge is -2.31. The van der Waals surface area contributed by atoms with Gasteiger partial charge in [-0.1, -0.05) is 0 Å². The Morgan fingerprint density at radius 2 is 2.11 bits per heavy atom. The van der Waals surface area contributed by atoms with Gasteiger partial charge >= 0.3 is 6.18 Å². The summed E-state index contributed by atoms with van der Waals surface area (Å²) >= 11 is 0. The van der Waals surface area contributed by atoms with E-state index >= 15 is 0 Å². The summed E-state index contributed by atoms with van der Waals surface area (Å²) in [5.74, 6) is 0.421. The van der Waals surface area contributed by atoms with Gasteiger partial charge in [0.05, 0.1) is 37.4 Å². The van der Waals surface area contributed by atoms with Crippen molar-refractivity contribution in [3.63, 3.8) is 0 Å². The van der Waals surface area contributed by atoms with Gasteiger partial charge in [0.1, 0.15) is 18.3 Å². The number of nitrogens with one attached hydrogen (secondary N) is 1. The maximum Gasteiger partial charge on any atom is 0.421 e. The highest BCUT2D eigenvalue weighted by molar-refractivity contribution is 5.71. The van der Waals surface area contributed by atoms with Gasteiger partial charge in [-0.2, -0.15) is 13.2 Å². The number of halogens is 3. The minimum absolute atomic E-state index is 0.0167. The van der Waals surface area contributed by atoms with Crippen LogP contribution >= 0.6 is 0 Å². The van der Waals surface area contributed by atoms with Gasteiger partial charge in [0.2, 0.25) is 11.8 Å². The summed E-state index contributed by atoms with van der Waals surface area (Å²) in [5.41, 5.74) is -0.0530. The fourth-order valence-electron chi connectivity index (χ4n) is 3.29. The summed E-state index contributed by atoms with van der Waals surface area (Å²) in [5, 5.41) is 3.21. The van der Waals surface area contributed by atoms with Crippen LogP contribution in [0.2, 0.25) is 0 Å². The molecule has 0 unspecified atom stereocenters. The first-order valence-corrected chi connectivity index (χ1v) is 8.84. The summed E-state index contributed by atoms with van der Waals surface area (Å²) in [7, 11) is 1.16. The second-order valence-corrected chi connectivity index (χ2v) is 6.47. The molecular weight excluding hydrogens is 377 g/mol. The van der Waals surface area contributed by atoms with Gasteiger partial charge in [-0.15, -0.1) is 0 Å². The molecule has 0 aliphatic carbocycles. The first kappa shape index (κ1) is 18.6. The van der Waals surface area contributed by atoms with Crippen molar-refractivity contribution in [3.8, 4) is 17.5 Å². The van der Waals surface area contributed by atoms with Crippen molar-refractivity contribution in [2.45, 2.75) is 18.7 Å². The van der Waals surface area contributed by atoms with E-state index in [1.54, 1.807) is 11.0 Å². The van der Waals surface area contributed by atoms with E-state index in [9.17, 15) is 13.2 Å². The molecule has 0 spiro atoms. The third-order valence-electron chi connectivity index (χ3n) is 4.63. The summed E-state index contributed by atoms with van der Waals surface area (Å²) < 4.78 is 56.4. The van der Waals surface area contributed by atoms with Crippen LogP contribution < -0.4 is 24.4 Å². The first-order chi connectivity index (χ1) is 13.5. The summed E-state index contributed by atoms with van der Waals surface area (Å²) in [6.45, 7) is 2.29. The third-order valence-corrected chi connectivity index (χ3v) is 4.63. The Balaban J connectivity index is 1.68. The zero-order valence-corrected chi connectivity index (χ0v) is 15.1. The molecule has 0 radical (unpaired) electrons. The number of rotatable bonds is 4. The molecule has 1 fully saturated rings. The van der Waals surface area contributed by atoms with Crippen LogP contribution in [0.5, 0.6) is 17.5 Å². The molecule has 0 saturated carbocycles. The fraction of sp³-hybridized carbons (Fsp3) is 0.444. The molecule has 4 rings (SSSR count). The predicted octanol–water partition coefficient (Wildman–Crippen LogP) is 2.78. The maximum atomic E-state index is 13.4. The SMILES string of the molecule is COc1ncc(N2CCOc3cnc(O[C@H]4CCNC4)cc32)cc1C(F)(F)F. The van der Waals surface area contributed by atoms with Crippen molar-refractivity contribution < 1.29 is 27.4 Å². The molecule has 4 heterocycles. The lowest BCUT2D eigenvalue weighted by atomic mass is 10.2. The highest BCUT2D eigenvalue weighted by Crippen LogP contribution is 2.41. The van der Waals surface area contributed by atoms with E-state index in [1.165, 1.54) is 12.4 Å². The molecule has 10 heteroatoms. The Morgan fingerprint density at radius 1 is 1.25 bits per heavy atom. The average molecular weight is 396 g/mol. The molecule has 150 valence electrons. The van der Waals surface area contributed by atoms with Crippen LogP contribution in [-0.4, -0.2) is 49.4 Å². The van der Waals surface area contributed by atoms with Crippen LogP contribution in [-0.2, 0) is 6.18 Å². The van der Waals surface area contributed by atoms with Gasteiger partial charge in [0.25, 0.3) is 0 Å². The van der Waals surface area contributed by atoms with Gasteiger partial charge in [-0.3, -0.25) is 0 Å². The predicted molar refractivity (Wildman–Crippen MR) is 94.4 cm³/mol. The van der Waals surface area contributed by atoms with Crippen LogP contribution in [0, 0.1) is 0 Å². The Morgan fingerprint density at radius 3 is 2.82 bits per heavy atom. The molecule has 1 atom stereocenters. The average Bonchev–Trinajstić information content (AvgIpc) is 3.19. The Hall–Kier alpha value is -2.75. The quantitative estimate of drug-likeness (QED) is 0.852. The number of aromatic nitrogens is 2. The zero-order valence-electron chi connectivity index (χ0n) is 15.1. The molecule has 0 amide bonds. The maximum absolute atomic E-state index is 13.4. The van der Waals surface area contributed by atoms with Crippen molar-refractivity contribution in [1.82, 2.24) is 15.3 Å². The molecule has 0 bridgehead atoms. The van der Waals surface area contributed by atoms with Crippen molar-refractivity contribution >= 4 is 11.4 Å². The highest BCUT2D eigenvalue weighted by Gasteiger charge is 2.36. The smallest absolute Gasteiger partial charge is 0.421 e. The molecule has 2 aromatic heterocycles. The van der Waals surface area contributed by atoms with Crippen molar-refractivity contribution in [2.24, 2.45) is 0 Å². The number of pyridine rings is 2. The Labute approximate surface area is 159 Å². The molecular formula is C18H19F3N4O3. The summed E-state index contributed by atoms with van der Waals surface area (Å²) in [6, 6.07) is 2.72. The lowest BCUT2D eigenvalue weighted by Crippen LogP contribution is -2.29. The number of ether oxygens (including phenoxy) is 3. The molecule has 1 saturated heterocycles. The number of hydrogen-bond acceptors (Lipinski definition) is 7. The minimum Gasteiger partial charge on any atom is -0.488 e. The van der Waals surface area contributed by atoms with Crippen LogP contribution in [0.4, 0.5) is 24.5 Å². The number of alkyl halides is 3. The topological polar surface area (TPSA) is 68.7 Å². The first-order valence-electron chi connectivity index (χ1n) is 8.84. The van der Waals surface area contributed by atoms with E-state index in [0.717, 1.165) is 32.7 Å². The molecule has 0 aromatic carbocycles. The molecule has 2 aliphatic rings. The molecule has 2 aliphatic heterocycles. The number of hydrogen-bond donors (Lipinski definition) is 1. The standard InChI is InChI=1S/C18H19F3N4O3/c1-26-17-13(18(19,20)21)6-11(8-24-17)25-4-5-27-15-10-23-16(7-14(15)25)28-12-2-3-22-9-12/h6-8,10,12,22H,2-5,9H2,1H3/t12-/m0/s1. The molecule has 28 heavy (non-hydrogen) atoms. The third kappa shape index (κ3) is 3.64. The number of anilines is 2. The molecule has 7 nitrogen and oxygen atoms in total. The Bertz CT molecular complexity index is 856. The van der Waals surface area contributed by atoms with Crippen molar-refractivity contribution in [2.75, 3.05) is 38.3 Å². The Kier molecular flexibility index (Phi) is 4.88. The summed E-state index contributed by atoms with van der Waals surface area (Å²) in [4.78, 5) is 9.80. The zero-order chi connectivity index (χ0) is 19.7. The van der Waals surface area contributed by atoms with Gasteiger partial charge < -0.3 is 24.4 Å². The number of fused-ring (bicyclic) bond motifs is 1. The number of nitrogens with zero attached hydrogens (tertiary/aromatic N) is 3. The molecule has 1 N–H and O–H groups in total. The highest BCUT2D eigenvalue weighted by atomic mass is 19.4. The van der Waals surface area contributed by atoms with E-state index in [4.69, 9.17) is 14.2 Å². The van der Waals surface area contributed by atoms with E-state index in [0.29, 0.717) is 30.5 Å². The molecule has 2 aromatic rings. The fourth-order valence-corrected chi connectivity index (χ4v) is 3.29. The van der Waals surface area contributed by atoms with Crippen LogP contribution in [0.1, 0.15) is 12.0 Å².